The number of benzene rings is 1. The van der Waals surface area contributed by atoms with Crippen LogP contribution in [-0.2, 0) is 0 Å². The van der Waals surface area contributed by atoms with Crippen molar-refractivity contribution in [1.82, 2.24) is 15.8 Å². The summed E-state index contributed by atoms with van der Waals surface area (Å²) in [6, 6.07) is 9.69. The lowest BCUT2D eigenvalue weighted by atomic mass is 9.96. The highest BCUT2D eigenvalue weighted by Gasteiger charge is 2.41. The second-order valence-corrected chi connectivity index (χ2v) is 7.91. The molecule has 2 bridgehead atoms. The maximum absolute atomic E-state index is 12.9. The fourth-order valence-electron chi connectivity index (χ4n) is 4.75. The van der Waals surface area contributed by atoms with E-state index >= 15 is 0 Å². The molecule has 0 unspecified atom stereocenters. The summed E-state index contributed by atoms with van der Waals surface area (Å²) in [7, 11) is 1.61. The van der Waals surface area contributed by atoms with Gasteiger partial charge in [-0.15, -0.1) is 0 Å². The van der Waals surface area contributed by atoms with E-state index in [-0.39, 0.29) is 11.9 Å². The first kappa shape index (κ1) is 20.2. The van der Waals surface area contributed by atoms with E-state index in [1.54, 1.807) is 18.7 Å². The molecule has 8 heteroatoms. The van der Waals surface area contributed by atoms with Gasteiger partial charge in [0.05, 0.1) is 12.7 Å². The number of carbonyl (C=O) groups excluding carboxylic acids is 2. The number of ether oxygens (including phenoxy) is 1. The predicted molar refractivity (Wildman–Crippen MR) is 111 cm³/mol. The second kappa shape index (κ2) is 8.31. The van der Waals surface area contributed by atoms with Crippen LogP contribution >= 0.6 is 0 Å². The minimum absolute atomic E-state index is 0.0678. The van der Waals surface area contributed by atoms with Crippen molar-refractivity contribution in [3.8, 4) is 5.75 Å². The van der Waals surface area contributed by atoms with E-state index in [4.69, 9.17) is 9.94 Å². The summed E-state index contributed by atoms with van der Waals surface area (Å²) >= 11 is 0. The molecule has 2 saturated heterocycles. The van der Waals surface area contributed by atoms with Crippen LogP contribution in [0.15, 0.2) is 36.5 Å². The third kappa shape index (κ3) is 3.70. The van der Waals surface area contributed by atoms with Gasteiger partial charge in [-0.1, -0.05) is 6.07 Å². The molecular formula is C22H26N4O4. The van der Waals surface area contributed by atoms with Gasteiger partial charge in [-0.3, -0.25) is 14.8 Å². The summed E-state index contributed by atoms with van der Waals surface area (Å²) in [4.78, 5) is 31.1. The molecule has 3 N–H and O–H groups in total. The van der Waals surface area contributed by atoms with Gasteiger partial charge in [0.15, 0.2) is 0 Å². The lowest BCUT2D eigenvalue weighted by Gasteiger charge is -2.40. The number of methoxy groups -OCH3 is 1. The number of nitrogens with zero attached hydrogens (tertiary/aromatic N) is 2. The van der Waals surface area contributed by atoms with Gasteiger partial charge in [0.1, 0.15) is 11.6 Å². The highest BCUT2D eigenvalue weighted by Crippen LogP contribution is 2.38. The molecule has 0 radical (unpaired) electrons. The number of hydrogen-bond donors (Lipinski definition) is 3. The van der Waals surface area contributed by atoms with E-state index in [2.05, 4.69) is 15.2 Å². The number of nitrogens with one attached hydrogen (secondary N) is 2. The molecule has 0 spiro atoms. The summed E-state index contributed by atoms with van der Waals surface area (Å²) in [5, 5.41) is 12.0. The topological polar surface area (TPSA) is 104 Å². The number of hydrogen-bond acceptors (Lipinski definition) is 6. The van der Waals surface area contributed by atoms with Crippen molar-refractivity contribution < 1.29 is 19.5 Å². The molecule has 2 aromatic rings. The molecule has 1 aromatic carbocycles. The number of hydroxylamine groups is 1. The van der Waals surface area contributed by atoms with Crippen LogP contribution < -0.4 is 20.4 Å². The molecule has 30 heavy (non-hydrogen) atoms. The highest BCUT2D eigenvalue weighted by atomic mass is 16.5. The monoisotopic (exact) mass is 410 g/mol. The molecule has 158 valence electrons. The zero-order valence-electron chi connectivity index (χ0n) is 17.1. The van der Waals surface area contributed by atoms with E-state index in [0.29, 0.717) is 29.0 Å². The summed E-state index contributed by atoms with van der Waals surface area (Å²) in [6.45, 7) is 1.90. The Balaban J connectivity index is 1.44. The van der Waals surface area contributed by atoms with Crippen molar-refractivity contribution in [2.45, 2.75) is 50.7 Å². The van der Waals surface area contributed by atoms with Crippen LogP contribution in [0.1, 0.15) is 52.0 Å². The van der Waals surface area contributed by atoms with Gasteiger partial charge < -0.3 is 15.0 Å². The molecule has 2 aliphatic heterocycles. The number of anilines is 1. The highest BCUT2D eigenvalue weighted by molar-refractivity contribution is 5.96. The number of amides is 2. The van der Waals surface area contributed by atoms with Gasteiger partial charge in [-0.05, 0) is 56.9 Å². The number of carbonyl (C=O) groups is 2. The van der Waals surface area contributed by atoms with E-state index in [1.807, 2.05) is 31.2 Å². The third-order valence-electron chi connectivity index (χ3n) is 6.19. The molecule has 2 aliphatic rings. The Kier molecular flexibility index (Phi) is 5.59. The Morgan fingerprint density at radius 1 is 1.13 bits per heavy atom. The fourth-order valence-corrected chi connectivity index (χ4v) is 4.75. The maximum atomic E-state index is 12.9. The van der Waals surface area contributed by atoms with E-state index < -0.39 is 5.91 Å². The van der Waals surface area contributed by atoms with Gasteiger partial charge in [-0.2, -0.15) is 0 Å². The Hall–Kier alpha value is -3.13. The zero-order valence-corrected chi connectivity index (χ0v) is 17.1. The Morgan fingerprint density at radius 2 is 1.87 bits per heavy atom. The van der Waals surface area contributed by atoms with Gasteiger partial charge in [0, 0.05) is 35.4 Å². The van der Waals surface area contributed by atoms with Gasteiger partial charge in [0.2, 0.25) is 0 Å². The van der Waals surface area contributed by atoms with Crippen molar-refractivity contribution in [2.75, 3.05) is 12.0 Å². The average Bonchev–Trinajstić information content (AvgIpc) is 3.03. The number of pyridine rings is 1. The lowest BCUT2D eigenvalue weighted by Crippen LogP contribution is -2.50. The van der Waals surface area contributed by atoms with Crippen molar-refractivity contribution in [2.24, 2.45) is 0 Å². The standard InChI is InChI=1S/C22H26N4O4/c1-13-18(4-3-5-19(13)30-2)22(28)24-15-10-16-7-8-17(11-15)26(16)20-9-6-14(12-23-20)21(27)25-29/h3-6,9,12,15-17,29H,7-8,10-11H2,1-2H3,(H,24,28)(H,25,27)/t15-,16+,17-. The first-order valence-corrected chi connectivity index (χ1v) is 10.1. The number of aromatic nitrogens is 1. The molecule has 2 fully saturated rings. The van der Waals surface area contributed by atoms with Gasteiger partial charge >= 0.3 is 0 Å². The number of rotatable bonds is 5. The molecule has 4 rings (SSSR count). The summed E-state index contributed by atoms with van der Waals surface area (Å²) < 4.78 is 5.33. The lowest BCUT2D eigenvalue weighted by molar-refractivity contribution is 0.0706. The van der Waals surface area contributed by atoms with Crippen LogP contribution in [0, 0.1) is 6.92 Å². The number of piperidine rings is 1. The predicted octanol–water partition coefficient (Wildman–Crippen LogP) is 2.45. The van der Waals surface area contributed by atoms with Crippen LogP contribution in [0.25, 0.3) is 0 Å². The molecule has 2 amide bonds. The van der Waals surface area contributed by atoms with Crippen LogP contribution in [-0.4, -0.2) is 47.2 Å². The Morgan fingerprint density at radius 3 is 2.47 bits per heavy atom. The van der Waals surface area contributed by atoms with E-state index in [1.165, 1.54) is 6.20 Å². The van der Waals surface area contributed by atoms with Crippen LogP contribution in [0.3, 0.4) is 0 Å². The summed E-state index contributed by atoms with van der Waals surface area (Å²) in [6.07, 6.45) is 5.28. The molecule has 1 aromatic heterocycles. The van der Waals surface area contributed by atoms with Gasteiger partial charge in [0.25, 0.3) is 11.8 Å². The smallest absolute Gasteiger partial charge is 0.276 e. The van der Waals surface area contributed by atoms with Crippen molar-refractivity contribution in [3.05, 3.63) is 53.2 Å². The zero-order chi connectivity index (χ0) is 21.3. The van der Waals surface area contributed by atoms with Crippen LogP contribution in [0.4, 0.5) is 5.82 Å². The summed E-state index contributed by atoms with van der Waals surface area (Å²) in [5.74, 6) is 0.889. The molecule has 3 atom stereocenters. The minimum atomic E-state index is -0.578. The van der Waals surface area contributed by atoms with Crippen LogP contribution in [0.2, 0.25) is 0 Å². The van der Waals surface area contributed by atoms with Crippen LogP contribution in [0.5, 0.6) is 5.75 Å². The normalized spacial score (nSPS) is 22.5. The summed E-state index contributed by atoms with van der Waals surface area (Å²) in [5.41, 5.74) is 3.41. The Labute approximate surface area is 175 Å². The largest absolute Gasteiger partial charge is 0.496 e. The first-order valence-electron chi connectivity index (χ1n) is 10.1. The minimum Gasteiger partial charge on any atom is -0.496 e. The van der Waals surface area contributed by atoms with E-state index in [9.17, 15) is 9.59 Å². The molecule has 0 saturated carbocycles. The van der Waals surface area contributed by atoms with Gasteiger partial charge in [-0.25, -0.2) is 10.5 Å². The maximum Gasteiger partial charge on any atom is 0.276 e. The fraction of sp³-hybridized carbons (Fsp3) is 0.409. The Bertz CT molecular complexity index is 933. The SMILES string of the molecule is COc1cccc(C(=O)N[C@H]2C[C@H]3CC[C@@H](C2)N3c2ccc(C(=O)NO)cn2)c1C. The quantitative estimate of drug-likeness (QED) is 0.517. The molecule has 8 nitrogen and oxygen atoms in total. The van der Waals surface area contributed by atoms with E-state index in [0.717, 1.165) is 37.1 Å². The second-order valence-electron chi connectivity index (χ2n) is 7.91. The van der Waals surface area contributed by atoms with Crippen molar-refractivity contribution in [1.29, 1.82) is 0 Å². The average molecular weight is 410 g/mol. The molecular weight excluding hydrogens is 384 g/mol. The third-order valence-corrected chi connectivity index (χ3v) is 6.19. The number of fused-ring (bicyclic) bond motifs is 2. The van der Waals surface area contributed by atoms with Crippen molar-refractivity contribution >= 4 is 17.6 Å². The van der Waals surface area contributed by atoms with Crippen molar-refractivity contribution in [3.63, 3.8) is 0 Å². The molecule has 0 aliphatic carbocycles. The first-order chi connectivity index (χ1) is 14.5. The molecule has 3 heterocycles.